The Balaban J connectivity index is 1.46. The number of nitrogens with one attached hydrogen (secondary N) is 3. The highest BCUT2D eigenvalue weighted by Gasteiger charge is 2.32. The standard InChI is InChI=1S/C20H15F3N6O3S/c21-20(22,23)14-5-10(3-4-24-14)6-27-18(30)17-16-15(28-9-29-17)12(8-26-16)25-7-11-1-2-13(33-11)19(31)32/h1-5,8-9,25-26H,6-7H2,(H,27,30)(H,31,32). The molecular formula is C20H15F3N6O3S. The third-order valence-corrected chi connectivity index (χ3v) is 5.64. The minimum Gasteiger partial charge on any atom is -0.477 e. The van der Waals surface area contributed by atoms with Gasteiger partial charge < -0.3 is 20.7 Å². The maximum atomic E-state index is 12.8. The molecule has 0 atom stereocenters. The summed E-state index contributed by atoms with van der Waals surface area (Å²) in [6.45, 7) is 0.200. The monoisotopic (exact) mass is 476 g/mol. The van der Waals surface area contributed by atoms with Crippen molar-refractivity contribution >= 4 is 39.9 Å². The summed E-state index contributed by atoms with van der Waals surface area (Å²) in [5, 5.41) is 14.7. The number of halogens is 3. The zero-order chi connectivity index (χ0) is 23.6. The quantitative estimate of drug-likeness (QED) is 0.320. The summed E-state index contributed by atoms with van der Waals surface area (Å²) in [4.78, 5) is 39.0. The Hall–Kier alpha value is -4.00. The van der Waals surface area contributed by atoms with E-state index in [0.29, 0.717) is 23.3 Å². The van der Waals surface area contributed by atoms with Gasteiger partial charge in [0.25, 0.3) is 5.91 Å². The summed E-state index contributed by atoms with van der Waals surface area (Å²) in [5.41, 5.74) is 0.591. The second-order valence-corrected chi connectivity index (χ2v) is 7.97. The maximum Gasteiger partial charge on any atom is 0.433 e. The Morgan fingerprint density at radius 3 is 2.67 bits per heavy atom. The number of H-pyrrole nitrogens is 1. The van der Waals surface area contributed by atoms with Gasteiger partial charge in [-0.25, -0.2) is 14.8 Å². The van der Waals surface area contributed by atoms with E-state index in [4.69, 9.17) is 5.11 Å². The lowest BCUT2D eigenvalue weighted by Crippen LogP contribution is -2.24. The Bertz CT molecular complexity index is 1330. The first-order chi connectivity index (χ1) is 15.7. The lowest BCUT2D eigenvalue weighted by atomic mass is 10.2. The number of aromatic amines is 1. The number of amides is 1. The number of alkyl halides is 3. The molecule has 0 radical (unpaired) electrons. The minimum atomic E-state index is -4.58. The van der Waals surface area contributed by atoms with Gasteiger partial charge >= 0.3 is 12.1 Å². The number of rotatable bonds is 7. The zero-order valence-electron chi connectivity index (χ0n) is 16.6. The summed E-state index contributed by atoms with van der Waals surface area (Å²) in [6.07, 6.45) is -0.744. The number of carboxylic acid groups (broad SMARTS) is 1. The van der Waals surface area contributed by atoms with Crippen molar-refractivity contribution in [3.05, 3.63) is 69.7 Å². The number of aromatic nitrogens is 4. The van der Waals surface area contributed by atoms with Gasteiger partial charge in [0.1, 0.15) is 22.4 Å². The van der Waals surface area contributed by atoms with E-state index in [-0.39, 0.29) is 22.7 Å². The van der Waals surface area contributed by atoms with E-state index in [2.05, 4.69) is 30.6 Å². The molecule has 0 aliphatic heterocycles. The molecule has 33 heavy (non-hydrogen) atoms. The van der Waals surface area contributed by atoms with Crippen LogP contribution in [0.4, 0.5) is 18.9 Å². The van der Waals surface area contributed by atoms with Crippen molar-refractivity contribution in [1.82, 2.24) is 25.3 Å². The van der Waals surface area contributed by atoms with Crippen LogP contribution in [0, 0.1) is 0 Å². The Labute approximate surface area is 187 Å². The van der Waals surface area contributed by atoms with Gasteiger partial charge in [-0.1, -0.05) is 0 Å². The fraction of sp³-hybridized carbons (Fsp3) is 0.150. The van der Waals surface area contributed by atoms with Gasteiger partial charge in [0.2, 0.25) is 0 Å². The first-order valence-corrected chi connectivity index (χ1v) is 10.2. The predicted octanol–water partition coefficient (Wildman–Crippen LogP) is 3.67. The highest BCUT2D eigenvalue weighted by molar-refractivity contribution is 7.13. The lowest BCUT2D eigenvalue weighted by Gasteiger charge is -2.09. The third kappa shape index (κ3) is 4.92. The number of pyridine rings is 1. The number of carboxylic acids is 1. The van der Waals surface area contributed by atoms with Crippen LogP contribution in [0.25, 0.3) is 11.0 Å². The number of aromatic carboxylic acids is 1. The van der Waals surface area contributed by atoms with E-state index in [0.717, 1.165) is 28.5 Å². The van der Waals surface area contributed by atoms with Crippen LogP contribution in [-0.2, 0) is 19.3 Å². The molecule has 170 valence electrons. The zero-order valence-corrected chi connectivity index (χ0v) is 17.4. The normalized spacial score (nSPS) is 11.5. The van der Waals surface area contributed by atoms with Gasteiger partial charge in [0.15, 0.2) is 5.69 Å². The number of carbonyl (C=O) groups excluding carboxylic acids is 1. The van der Waals surface area contributed by atoms with E-state index in [1.54, 1.807) is 12.3 Å². The molecule has 4 rings (SSSR count). The number of thiophene rings is 1. The van der Waals surface area contributed by atoms with Crippen molar-refractivity contribution < 1.29 is 27.9 Å². The average molecular weight is 476 g/mol. The maximum absolute atomic E-state index is 12.8. The fourth-order valence-corrected chi connectivity index (χ4v) is 3.81. The first-order valence-electron chi connectivity index (χ1n) is 9.40. The SMILES string of the molecule is O=C(O)c1ccc(CNc2c[nH]c3c(C(=O)NCc4ccnc(C(F)(F)F)c4)ncnc23)s1. The summed E-state index contributed by atoms with van der Waals surface area (Å²) in [6, 6.07) is 5.46. The van der Waals surface area contributed by atoms with E-state index in [9.17, 15) is 22.8 Å². The molecule has 4 aromatic rings. The van der Waals surface area contributed by atoms with Crippen molar-refractivity contribution in [1.29, 1.82) is 0 Å². The number of nitrogens with zero attached hydrogens (tertiary/aromatic N) is 3. The van der Waals surface area contributed by atoms with Gasteiger partial charge in [0.05, 0.1) is 11.2 Å². The third-order valence-electron chi connectivity index (χ3n) is 4.57. The molecule has 4 heterocycles. The van der Waals surface area contributed by atoms with E-state index >= 15 is 0 Å². The first kappa shape index (κ1) is 22.2. The molecule has 0 fully saturated rings. The van der Waals surface area contributed by atoms with Crippen LogP contribution >= 0.6 is 11.3 Å². The highest BCUT2D eigenvalue weighted by Crippen LogP contribution is 2.28. The molecule has 9 nitrogen and oxygen atoms in total. The second-order valence-electron chi connectivity index (χ2n) is 6.80. The van der Waals surface area contributed by atoms with Crippen LogP contribution in [0.15, 0.2) is 43.0 Å². The number of hydrogen-bond acceptors (Lipinski definition) is 7. The molecule has 0 aromatic carbocycles. The number of fused-ring (bicyclic) bond motifs is 1. The Morgan fingerprint density at radius 2 is 1.94 bits per heavy atom. The van der Waals surface area contributed by atoms with Crippen LogP contribution in [0.5, 0.6) is 0 Å². The fourth-order valence-electron chi connectivity index (χ4n) is 3.02. The van der Waals surface area contributed by atoms with E-state index in [1.807, 2.05) is 0 Å². The minimum absolute atomic E-state index is 0.0300. The number of hydrogen-bond donors (Lipinski definition) is 4. The smallest absolute Gasteiger partial charge is 0.433 e. The van der Waals surface area contributed by atoms with Crippen LogP contribution in [0.1, 0.15) is 36.3 Å². The molecule has 0 unspecified atom stereocenters. The van der Waals surface area contributed by atoms with E-state index in [1.165, 1.54) is 18.5 Å². The van der Waals surface area contributed by atoms with Crippen LogP contribution < -0.4 is 10.6 Å². The molecule has 0 spiro atoms. The van der Waals surface area contributed by atoms with Gasteiger partial charge in [-0.15, -0.1) is 11.3 Å². The highest BCUT2D eigenvalue weighted by atomic mass is 32.1. The number of carbonyl (C=O) groups is 2. The summed E-state index contributed by atoms with van der Waals surface area (Å²) < 4.78 is 38.4. The van der Waals surface area contributed by atoms with Gasteiger partial charge in [-0.3, -0.25) is 9.78 Å². The van der Waals surface area contributed by atoms with Gasteiger partial charge in [0, 0.05) is 30.4 Å². The molecule has 13 heteroatoms. The largest absolute Gasteiger partial charge is 0.477 e. The van der Waals surface area contributed by atoms with Crippen LogP contribution in [-0.4, -0.2) is 36.9 Å². The average Bonchev–Trinajstić information content (AvgIpc) is 3.43. The summed E-state index contributed by atoms with van der Waals surface area (Å²) in [5.74, 6) is -1.59. The van der Waals surface area contributed by atoms with Crippen molar-refractivity contribution in [3.63, 3.8) is 0 Å². The number of anilines is 1. The van der Waals surface area contributed by atoms with Crippen molar-refractivity contribution in [2.45, 2.75) is 19.3 Å². The second kappa shape index (κ2) is 8.86. The molecule has 0 aliphatic carbocycles. The van der Waals surface area contributed by atoms with Crippen molar-refractivity contribution in [2.24, 2.45) is 0 Å². The van der Waals surface area contributed by atoms with Crippen molar-refractivity contribution in [3.8, 4) is 0 Å². The Morgan fingerprint density at radius 1 is 1.12 bits per heavy atom. The molecule has 0 aliphatic rings. The molecular weight excluding hydrogens is 461 g/mol. The molecule has 1 amide bonds. The predicted molar refractivity (Wildman–Crippen MR) is 113 cm³/mol. The molecule has 0 saturated heterocycles. The summed E-state index contributed by atoms with van der Waals surface area (Å²) >= 11 is 1.14. The molecule has 0 bridgehead atoms. The Kier molecular flexibility index (Phi) is 5.96. The molecule has 0 saturated carbocycles. The topological polar surface area (TPSA) is 133 Å². The van der Waals surface area contributed by atoms with Gasteiger partial charge in [-0.2, -0.15) is 13.2 Å². The van der Waals surface area contributed by atoms with Crippen molar-refractivity contribution in [2.75, 3.05) is 5.32 Å². The molecule has 4 N–H and O–H groups in total. The summed E-state index contributed by atoms with van der Waals surface area (Å²) in [7, 11) is 0. The van der Waals surface area contributed by atoms with E-state index < -0.39 is 23.7 Å². The molecule has 4 aromatic heterocycles. The van der Waals surface area contributed by atoms with Gasteiger partial charge in [-0.05, 0) is 29.8 Å². The van der Waals surface area contributed by atoms with Crippen LogP contribution in [0.3, 0.4) is 0 Å². The lowest BCUT2D eigenvalue weighted by molar-refractivity contribution is -0.141. The van der Waals surface area contributed by atoms with Crippen LogP contribution in [0.2, 0.25) is 0 Å².